The highest BCUT2D eigenvalue weighted by Crippen LogP contribution is 2.23. The van der Waals surface area contributed by atoms with Crippen molar-refractivity contribution in [3.63, 3.8) is 0 Å². The van der Waals surface area contributed by atoms with Crippen LogP contribution in [0.5, 0.6) is 0 Å². The summed E-state index contributed by atoms with van der Waals surface area (Å²) in [5.41, 5.74) is 3.49. The summed E-state index contributed by atoms with van der Waals surface area (Å²) in [6.45, 7) is 6.68. The van der Waals surface area contributed by atoms with E-state index in [9.17, 15) is 9.59 Å². The predicted octanol–water partition coefficient (Wildman–Crippen LogP) is 5.70. The van der Waals surface area contributed by atoms with Crippen molar-refractivity contribution in [1.82, 2.24) is 9.55 Å². The van der Waals surface area contributed by atoms with Gasteiger partial charge in [-0.25, -0.2) is 4.98 Å². The highest BCUT2D eigenvalue weighted by Gasteiger charge is 2.14. The maximum absolute atomic E-state index is 13.1. The van der Waals surface area contributed by atoms with Crippen LogP contribution in [0.4, 0.5) is 5.69 Å². The third-order valence-electron chi connectivity index (χ3n) is 4.94. The Kier molecular flexibility index (Phi) is 7.72. The Balaban J connectivity index is 1.84. The van der Waals surface area contributed by atoms with E-state index in [2.05, 4.69) is 28.2 Å². The molecule has 1 amide bonds. The first kappa shape index (κ1) is 22.6. The van der Waals surface area contributed by atoms with Crippen LogP contribution in [-0.2, 0) is 11.3 Å². The van der Waals surface area contributed by atoms with Crippen molar-refractivity contribution in [2.24, 2.45) is 0 Å². The highest BCUT2D eigenvalue weighted by molar-refractivity contribution is 9.10. The Morgan fingerprint density at radius 2 is 1.90 bits per heavy atom. The zero-order chi connectivity index (χ0) is 21.7. The van der Waals surface area contributed by atoms with Crippen molar-refractivity contribution < 1.29 is 4.79 Å². The number of rotatable bonds is 8. The van der Waals surface area contributed by atoms with Crippen molar-refractivity contribution in [3.05, 3.63) is 62.4 Å². The number of amides is 1. The molecular formula is C23H26BrN3O2S. The monoisotopic (exact) mass is 487 g/mol. The number of unbranched alkanes of at least 4 members (excludes halogenated alkanes) is 2. The summed E-state index contributed by atoms with van der Waals surface area (Å²) >= 11 is 4.74. The first-order valence-electron chi connectivity index (χ1n) is 10.1. The molecule has 0 unspecified atom stereocenters. The van der Waals surface area contributed by atoms with Gasteiger partial charge < -0.3 is 5.32 Å². The van der Waals surface area contributed by atoms with E-state index in [1.54, 1.807) is 4.57 Å². The number of halogens is 1. The van der Waals surface area contributed by atoms with Crippen molar-refractivity contribution in [3.8, 4) is 0 Å². The number of carbonyl (C=O) groups excluding carboxylic acids is 1. The number of anilines is 1. The lowest BCUT2D eigenvalue weighted by atomic mass is 10.1. The van der Waals surface area contributed by atoms with Gasteiger partial charge in [-0.15, -0.1) is 0 Å². The fraction of sp³-hybridized carbons (Fsp3) is 0.348. The van der Waals surface area contributed by atoms with Gasteiger partial charge in [0.25, 0.3) is 5.56 Å². The number of nitrogens with zero attached hydrogens (tertiary/aromatic N) is 2. The quantitative estimate of drug-likeness (QED) is 0.251. The minimum atomic E-state index is -0.109. The number of hydrogen-bond donors (Lipinski definition) is 1. The second kappa shape index (κ2) is 10.3. The van der Waals surface area contributed by atoms with Gasteiger partial charge in [0.2, 0.25) is 5.91 Å². The van der Waals surface area contributed by atoms with E-state index in [0.29, 0.717) is 22.6 Å². The summed E-state index contributed by atoms with van der Waals surface area (Å²) in [5.74, 6) is 0.0819. The van der Waals surface area contributed by atoms with Crippen LogP contribution in [0.15, 0.2) is 50.8 Å². The largest absolute Gasteiger partial charge is 0.325 e. The summed E-state index contributed by atoms with van der Waals surface area (Å²) in [6.07, 6.45) is 3.02. The van der Waals surface area contributed by atoms with E-state index in [4.69, 9.17) is 4.98 Å². The lowest BCUT2D eigenvalue weighted by Crippen LogP contribution is -2.24. The number of aromatic nitrogens is 2. The van der Waals surface area contributed by atoms with Crippen LogP contribution < -0.4 is 10.9 Å². The molecule has 158 valence electrons. The predicted molar refractivity (Wildman–Crippen MR) is 128 cm³/mol. The Morgan fingerprint density at radius 3 is 2.60 bits per heavy atom. The molecule has 3 rings (SSSR count). The van der Waals surface area contributed by atoms with Gasteiger partial charge in [0.15, 0.2) is 5.16 Å². The molecule has 0 radical (unpaired) electrons. The highest BCUT2D eigenvalue weighted by atomic mass is 79.9. The molecule has 7 heteroatoms. The molecule has 0 aliphatic heterocycles. The number of para-hydroxylation sites is 1. The molecule has 0 fully saturated rings. The molecule has 0 aliphatic carbocycles. The average molecular weight is 488 g/mol. The number of nitrogens with one attached hydrogen (secondary N) is 1. The number of carbonyl (C=O) groups is 1. The smallest absolute Gasteiger partial charge is 0.262 e. The minimum Gasteiger partial charge on any atom is -0.325 e. The Labute approximate surface area is 189 Å². The lowest BCUT2D eigenvalue weighted by Gasteiger charge is -2.14. The molecule has 0 atom stereocenters. The molecule has 5 nitrogen and oxygen atoms in total. The number of thioether (sulfide) groups is 1. The van der Waals surface area contributed by atoms with Gasteiger partial charge in [0.05, 0.1) is 16.7 Å². The van der Waals surface area contributed by atoms with Crippen molar-refractivity contribution in [2.75, 3.05) is 11.1 Å². The molecular weight excluding hydrogens is 462 g/mol. The van der Waals surface area contributed by atoms with Crippen LogP contribution >= 0.6 is 27.7 Å². The molecule has 2 aromatic carbocycles. The Bertz CT molecular complexity index is 1110. The Morgan fingerprint density at radius 1 is 1.17 bits per heavy atom. The molecule has 3 aromatic rings. The van der Waals surface area contributed by atoms with E-state index in [1.165, 1.54) is 11.8 Å². The van der Waals surface area contributed by atoms with Gasteiger partial charge in [-0.3, -0.25) is 14.2 Å². The lowest BCUT2D eigenvalue weighted by molar-refractivity contribution is -0.113. The molecule has 1 aromatic heterocycles. The van der Waals surface area contributed by atoms with Crippen LogP contribution in [0.25, 0.3) is 10.9 Å². The second-order valence-corrected chi connectivity index (χ2v) is 9.18. The zero-order valence-electron chi connectivity index (χ0n) is 17.5. The van der Waals surface area contributed by atoms with Crippen molar-refractivity contribution in [2.45, 2.75) is 51.7 Å². The van der Waals surface area contributed by atoms with E-state index >= 15 is 0 Å². The standard InChI is InChI=1S/C23H26BrN3O2S/c1-4-5-6-12-27-22(29)18-13-17(24)10-11-19(18)25-23(27)30-14-20(28)26-21-15(2)8-7-9-16(21)3/h7-11,13H,4-6,12,14H2,1-3H3,(H,26,28). The van der Waals surface area contributed by atoms with Gasteiger partial charge in [0.1, 0.15) is 0 Å². The SMILES string of the molecule is CCCCCn1c(SCC(=O)Nc2c(C)cccc2C)nc2ccc(Br)cc2c1=O. The molecule has 0 bridgehead atoms. The van der Waals surface area contributed by atoms with Crippen LogP contribution in [0.2, 0.25) is 0 Å². The minimum absolute atomic E-state index is 0.0601. The molecule has 0 saturated carbocycles. The summed E-state index contributed by atoms with van der Waals surface area (Å²) < 4.78 is 2.56. The van der Waals surface area contributed by atoms with Gasteiger partial charge in [0, 0.05) is 16.7 Å². The average Bonchev–Trinajstić information content (AvgIpc) is 2.72. The maximum Gasteiger partial charge on any atom is 0.262 e. The maximum atomic E-state index is 13.1. The van der Waals surface area contributed by atoms with Crippen molar-refractivity contribution >= 4 is 50.2 Å². The summed E-state index contributed by atoms with van der Waals surface area (Å²) in [6, 6.07) is 11.4. The van der Waals surface area contributed by atoms with Crippen molar-refractivity contribution in [1.29, 1.82) is 0 Å². The molecule has 1 heterocycles. The molecule has 0 saturated heterocycles. The zero-order valence-corrected chi connectivity index (χ0v) is 19.9. The van der Waals surface area contributed by atoms with E-state index in [0.717, 1.165) is 40.5 Å². The van der Waals surface area contributed by atoms with Crippen LogP contribution in [-0.4, -0.2) is 21.2 Å². The molecule has 0 spiro atoms. The van der Waals surface area contributed by atoms with E-state index < -0.39 is 0 Å². The van der Waals surface area contributed by atoms with Gasteiger partial charge >= 0.3 is 0 Å². The van der Waals surface area contributed by atoms with Gasteiger partial charge in [-0.1, -0.05) is 65.7 Å². The van der Waals surface area contributed by atoms with Crippen LogP contribution in [0.3, 0.4) is 0 Å². The number of aryl methyl sites for hydroxylation is 2. The van der Waals surface area contributed by atoms with Gasteiger partial charge in [-0.05, 0) is 49.6 Å². The first-order chi connectivity index (χ1) is 14.4. The van der Waals surface area contributed by atoms with E-state index in [-0.39, 0.29) is 17.2 Å². The fourth-order valence-electron chi connectivity index (χ4n) is 3.32. The topological polar surface area (TPSA) is 64.0 Å². The number of hydrogen-bond acceptors (Lipinski definition) is 4. The summed E-state index contributed by atoms with van der Waals surface area (Å²) in [7, 11) is 0. The third kappa shape index (κ3) is 5.32. The van der Waals surface area contributed by atoms with Gasteiger partial charge in [-0.2, -0.15) is 0 Å². The molecule has 30 heavy (non-hydrogen) atoms. The fourth-order valence-corrected chi connectivity index (χ4v) is 4.50. The van der Waals surface area contributed by atoms with Crippen LogP contribution in [0, 0.1) is 13.8 Å². The van der Waals surface area contributed by atoms with Crippen LogP contribution in [0.1, 0.15) is 37.3 Å². The number of fused-ring (bicyclic) bond motifs is 1. The summed E-state index contributed by atoms with van der Waals surface area (Å²) in [5, 5.41) is 4.17. The third-order valence-corrected chi connectivity index (χ3v) is 6.41. The van der Waals surface area contributed by atoms with E-state index in [1.807, 2.05) is 50.2 Å². The second-order valence-electron chi connectivity index (χ2n) is 7.32. The summed E-state index contributed by atoms with van der Waals surface area (Å²) in [4.78, 5) is 30.4. The first-order valence-corrected chi connectivity index (χ1v) is 11.9. The normalized spacial score (nSPS) is 11.1. The molecule has 0 aliphatic rings. The Hall–Kier alpha value is -2.12. The number of benzene rings is 2. The molecule has 1 N–H and O–H groups in total.